The number of nitrogens with zero attached hydrogens (tertiary/aromatic N) is 2. The zero-order valence-electron chi connectivity index (χ0n) is 18.8. The van der Waals surface area contributed by atoms with E-state index in [0.29, 0.717) is 18.0 Å². The van der Waals surface area contributed by atoms with Gasteiger partial charge in [0.05, 0.1) is 23.1 Å². The van der Waals surface area contributed by atoms with Gasteiger partial charge in [0.2, 0.25) is 15.9 Å². The number of sulfonamides is 1. The van der Waals surface area contributed by atoms with Gasteiger partial charge in [-0.1, -0.05) is 48.5 Å². The van der Waals surface area contributed by atoms with Crippen LogP contribution in [-0.2, 0) is 14.8 Å². The summed E-state index contributed by atoms with van der Waals surface area (Å²) in [7, 11) is -2.44. The molecular weight excluding hydrogens is 446 g/mol. The maximum absolute atomic E-state index is 12.8. The lowest BCUT2D eigenvalue weighted by atomic mass is 9.59. The molecule has 3 aromatic rings. The Bertz CT molecular complexity index is 1350. The molecule has 6 rings (SSSR count). The van der Waals surface area contributed by atoms with Gasteiger partial charge in [-0.25, -0.2) is 8.42 Å². The number of carbonyl (C=O) groups is 1. The van der Waals surface area contributed by atoms with E-state index < -0.39 is 10.0 Å². The topological polar surface area (TPSA) is 90.3 Å². The van der Waals surface area contributed by atoms with Gasteiger partial charge in [-0.05, 0) is 58.9 Å². The van der Waals surface area contributed by atoms with E-state index in [-0.39, 0.29) is 29.2 Å². The fraction of sp³-hybridized carbons (Fsp3) is 0.259. The SMILES string of the molecule is CN(CC(=O)NCC1CC2c3ccccc3C1c1ccccc12)S(=O)(=O)c1ccc(C#N)cc1. The third-order valence-electron chi connectivity index (χ3n) is 7.04. The number of carbonyl (C=O) groups excluding carboxylic acids is 1. The lowest BCUT2D eigenvalue weighted by Crippen LogP contribution is -2.43. The molecule has 6 nitrogen and oxygen atoms in total. The van der Waals surface area contributed by atoms with Crippen LogP contribution >= 0.6 is 0 Å². The number of amides is 1. The van der Waals surface area contributed by atoms with Crippen molar-refractivity contribution in [3.05, 3.63) is 101 Å². The summed E-state index contributed by atoms with van der Waals surface area (Å²) in [4.78, 5) is 12.8. The van der Waals surface area contributed by atoms with Crippen molar-refractivity contribution in [1.82, 2.24) is 9.62 Å². The van der Waals surface area contributed by atoms with Crippen LogP contribution in [0.2, 0.25) is 0 Å². The van der Waals surface area contributed by atoms with Gasteiger partial charge in [0.15, 0.2) is 0 Å². The van der Waals surface area contributed by atoms with Crippen LogP contribution in [0.25, 0.3) is 0 Å². The molecular formula is C27H25N3O3S. The second kappa shape index (κ2) is 8.71. The smallest absolute Gasteiger partial charge is 0.243 e. The molecule has 3 aliphatic rings. The monoisotopic (exact) mass is 471 g/mol. The largest absolute Gasteiger partial charge is 0.355 e. The summed E-state index contributed by atoms with van der Waals surface area (Å²) < 4.78 is 26.7. The summed E-state index contributed by atoms with van der Waals surface area (Å²) in [5, 5.41) is 11.9. The normalized spacial score (nSPS) is 20.3. The molecule has 0 heterocycles. The molecule has 7 heteroatoms. The average molecular weight is 472 g/mol. The van der Waals surface area contributed by atoms with Crippen LogP contribution in [0.5, 0.6) is 0 Å². The van der Waals surface area contributed by atoms with Crippen LogP contribution in [-0.4, -0.2) is 38.8 Å². The quantitative estimate of drug-likeness (QED) is 0.595. The van der Waals surface area contributed by atoms with Gasteiger partial charge < -0.3 is 5.32 Å². The van der Waals surface area contributed by atoms with Gasteiger partial charge in [0.1, 0.15) is 0 Å². The Balaban J connectivity index is 1.28. The van der Waals surface area contributed by atoms with E-state index in [1.807, 2.05) is 6.07 Å². The van der Waals surface area contributed by atoms with E-state index in [2.05, 4.69) is 53.8 Å². The molecule has 1 atom stereocenters. The van der Waals surface area contributed by atoms with Crippen molar-refractivity contribution in [2.24, 2.45) is 5.92 Å². The van der Waals surface area contributed by atoms with Gasteiger partial charge in [0, 0.05) is 25.4 Å². The molecule has 0 spiro atoms. The summed E-state index contributed by atoms with van der Waals surface area (Å²) in [5.41, 5.74) is 5.79. The Morgan fingerprint density at radius 1 is 0.971 bits per heavy atom. The van der Waals surface area contributed by atoms with Gasteiger partial charge in [0.25, 0.3) is 0 Å². The number of nitriles is 1. The molecule has 0 fully saturated rings. The third kappa shape index (κ3) is 3.79. The molecule has 0 saturated heterocycles. The van der Waals surface area contributed by atoms with Crippen LogP contribution in [0, 0.1) is 17.2 Å². The van der Waals surface area contributed by atoms with E-state index in [0.717, 1.165) is 10.7 Å². The van der Waals surface area contributed by atoms with Crippen LogP contribution in [0.3, 0.4) is 0 Å². The van der Waals surface area contributed by atoms with Crippen LogP contribution in [0.15, 0.2) is 77.7 Å². The fourth-order valence-electron chi connectivity index (χ4n) is 5.43. The van der Waals surface area contributed by atoms with Crippen molar-refractivity contribution in [3.63, 3.8) is 0 Å². The van der Waals surface area contributed by atoms with E-state index in [1.54, 1.807) is 0 Å². The molecule has 0 saturated carbocycles. The molecule has 172 valence electrons. The molecule has 1 unspecified atom stereocenters. The minimum absolute atomic E-state index is 0.0552. The fourth-order valence-corrected chi connectivity index (χ4v) is 6.56. The Morgan fingerprint density at radius 2 is 1.53 bits per heavy atom. The first kappa shape index (κ1) is 22.3. The number of benzene rings is 3. The average Bonchev–Trinajstić information content (AvgIpc) is 2.87. The molecule has 0 aromatic heterocycles. The number of likely N-dealkylation sites (N-methyl/N-ethyl adjacent to an activating group) is 1. The Kier molecular flexibility index (Phi) is 5.72. The standard InChI is InChI=1S/C27H25N3O3S/c1-30(34(32,33)20-12-10-18(15-28)11-13-20)17-26(31)29-16-19-14-25-21-6-2-4-8-23(21)27(19)24-9-5-3-7-22(24)25/h2-13,19,25,27H,14,16-17H2,1H3,(H,29,31). The third-order valence-corrected chi connectivity index (χ3v) is 8.86. The van der Waals surface area contributed by atoms with E-state index in [1.165, 1.54) is 53.6 Å². The van der Waals surface area contributed by atoms with Crippen molar-refractivity contribution in [1.29, 1.82) is 5.26 Å². The molecule has 1 N–H and O–H groups in total. The van der Waals surface area contributed by atoms with E-state index in [9.17, 15) is 13.2 Å². The van der Waals surface area contributed by atoms with E-state index >= 15 is 0 Å². The van der Waals surface area contributed by atoms with Crippen molar-refractivity contribution in [3.8, 4) is 6.07 Å². The maximum atomic E-state index is 12.8. The predicted molar refractivity (Wildman–Crippen MR) is 129 cm³/mol. The zero-order valence-corrected chi connectivity index (χ0v) is 19.6. The van der Waals surface area contributed by atoms with Crippen LogP contribution in [0.1, 0.15) is 46.1 Å². The number of rotatable bonds is 6. The van der Waals surface area contributed by atoms with E-state index in [4.69, 9.17) is 5.26 Å². The summed E-state index contributed by atoms with van der Waals surface area (Å²) in [6.45, 7) is 0.226. The predicted octanol–water partition coefficient (Wildman–Crippen LogP) is 3.59. The van der Waals surface area contributed by atoms with Gasteiger partial charge >= 0.3 is 0 Å². The summed E-state index contributed by atoms with van der Waals surface area (Å²) in [6.07, 6.45) is 0.957. The maximum Gasteiger partial charge on any atom is 0.243 e. The lowest BCUT2D eigenvalue weighted by Gasteiger charge is -2.45. The highest BCUT2D eigenvalue weighted by Gasteiger charge is 2.42. The second-order valence-electron chi connectivity index (χ2n) is 8.99. The second-order valence-corrected chi connectivity index (χ2v) is 11.0. The zero-order chi connectivity index (χ0) is 23.9. The van der Waals surface area contributed by atoms with Gasteiger partial charge in [-0.3, -0.25) is 4.79 Å². The first-order valence-corrected chi connectivity index (χ1v) is 12.7. The number of fused-ring (bicyclic) bond motifs is 1. The van der Waals surface area contributed by atoms with Crippen LogP contribution < -0.4 is 5.32 Å². The minimum Gasteiger partial charge on any atom is -0.355 e. The highest BCUT2D eigenvalue weighted by Crippen LogP contribution is 2.55. The molecule has 0 radical (unpaired) electrons. The van der Waals surface area contributed by atoms with Crippen LogP contribution in [0.4, 0.5) is 0 Å². The molecule has 1 amide bonds. The highest BCUT2D eigenvalue weighted by atomic mass is 32.2. The Hall–Kier alpha value is -3.47. The molecule has 0 aliphatic heterocycles. The van der Waals surface area contributed by atoms with Gasteiger partial charge in [-0.15, -0.1) is 0 Å². The Morgan fingerprint density at radius 3 is 2.09 bits per heavy atom. The van der Waals surface area contributed by atoms with Crippen molar-refractivity contribution < 1.29 is 13.2 Å². The number of nitrogens with one attached hydrogen (secondary N) is 1. The first-order chi connectivity index (χ1) is 16.4. The summed E-state index contributed by atoms with van der Waals surface area (Å²) in [6, 6.07) is 24.8. The Labute approximate surface area is 199 Å². The van der Waals surface area contributed by atoms with Gasteiger partial charge in [-0.2, -0.15) is 9.57 Å². The molecule has 3 aliphatic carbocycles. The first-order valence-electron chi connectivity index (χ1n) is 11.3. The summed E-state index contributed by atoms with van der Waals surface area (Å²) >= 11 is 0. The minimum atomic E-state index is -3.83. The summed E-state index contributed by atoms with van der Waals surface area (Å²) in [5.74, 6) is 0.457. The number of hydrogen-bond donors (Lipinski definition) is 1. The van der Waals surface area contributed by atoms with Crippen molar-refractivity contribution >= 4 is 15.9 Å². The highest BCUT2D eigenvalue weighted by molar-refractivity contribution is 7.89. The molecule has 34 heavy (non-hydrogen) atoms. The molecule has 2 bridgehead atoms. The van der Waals surface area contributed by atoms with Crippen molar-refractivity contribution in [2.75, 3.05) is 20.1 Å². The van der Waals surface area contributed by atoms with Crippen molar-refractivity contribution in [2.45, 2.75) is 23.2 Å². The number of hydrogen-bond acceptors (Lipinski definition) is 4. The molecule has 3 aromatic carbocycles. The lowest BCUT2D eigenvalue weighted by molar-refractivity contribution is -0.121.